The molecule has 3 N–H and O–H groups in total. The Bertz CT molecular complexity index is 3110. The number of aromatic nitrogens is 7. The zero-order valence-electron chi connectivity index (χ0n) is 39.5. The molecule has 2 amide bonds. The molecule has 8 heterocycles. The smallest absolute Gasteiger partial charge is 0.235 e. The molecule has 2 atom stereocenters. The van der Waals surface area contributed by atoms with Gasteiger partial charge in [-0.05, 0) is 127 Å². The van der Waals surface area contributed by atoms with Crippen LogP contribution in [0.1, 0.15) is 122 Å². The molecule has 0 bridgehead atoms. The summed E-state index contributed by atoms with van der Waals surface area (Å²) in [7, 11) is 1.82. The predicted molar refractivity (Wildman–Crippen MR) is 257 cm³/mol. The van der Waals surface area contributed by atoms with Crippen molar-refractivity contribution in [1.29, 1.82) is 5.26 Å². The molecule has 3 aliphatic carbocycles. The monoisotopic (exact) mass is 966 g/mol. The van der Waals surface area contributed by atoms with Crippen molar-refractivity contribution in [3.63, 3.8) is 0 Å². The number of aryl methyl sites for hydroxylation is 3. The second-order valence-electron chi connectivity index (χ2n) is 20.7. The molecule has 1 unspecified atom stereocenters. The Kier molecular flexibility index (Phi) is 10.9. The first kappa shape index (κ1) is 44.7. The molecule has 2 spiro atoms. The summed E-state index contributed by atoms with van der Waals surface area (Å²) in [5, 5.41) is 23.1. The molecule has 6 aliphatic rings. The second kappa shape index (κ2) is 17.1. The molecule has 5 aromatic heterocycles. The number of carbonyl (C=O) groups is 2. The number of hydrogen-bond acceptors (Lipinski definition) is 16. The summed E-state index contributed by atoms with van der Waals surface area (Å²) in [4.78, 5) is 48.7. The lowest BCUT2D eigenvalue weighted by Crippen LogP contribution is -2.48. The Hall–Kier alpha value is -6.52. The van der Waals surface area contributed by atoms with Crippen LogP contribution in [0.3, 0.4) is 0 Å². The molecule has 362 valence electrons. The molecule has 19 heteroatoms. The molecule has 6 aromatic rings. The number of benzene rings is 1. The van der Waals surface area contributed by atoms with Crippen LogP contribution in [-0.2, 0) is 34.9 Å². The molecule has 0 radical (unpaired) electrons. The quantitative estimate of drug-likeness (QED) is 0.127. The lowest BCUT2D eigenvalue weighted by Gasteiger charge is -2.48. The fourth-order valence-electron chi connectivity index (χ4n) is 12.3. The number of rotatable bonds is 10. The van der Waals surface area contributed by atoms with E-state index in [1.807, 2.05) is 20.0 Å². The van der Waals surface area contributed by atoms with Crippen molar-refractivity contribution in [1.82, 2.24) is 45.1 Å². The molecule has 70 heavy (non-hydrogen) atoms. The number of ether oxygens (including phenoxy) is 2. The number of nitrogen functional groups attached to an aromatic ring is 1. The van der Waals surface area contributed by atoms with Crippen LogP contribution >= 0.6 is 11.3 Å². The van der Waals surface area contributed by atoms with E-state index in [9.17, 15) is 14.9 Å². The standard InChI is InChI=1S/C51H55FN12O5S/c1-29-37(25-55-28-56-29)68-41-23-40(58-47(59-41)44-30-5-3-9-51(45(30)69-61-44)10-4-6-38-42(51)33(24-53)46(54)70-38)67-27-50(11-12-50)26-63-17-13-49(14-18-63)15-19-64(20-16-49)36-22-35-32(21-34(36)52)43(60-62(35)2)31-7-8-39(65)57-48(31)66/h21-23,25,28,31H,3-20,26-27,54H2,1-2H3,(H,57,65,66)/t31?,51-/m0/s1. The number of piperidine rings is 3. The van der Waals surface area contributed by atoms with E-state index in [4.69, 9.17) is 29.7 Å². The van der Waals surface area contributed by atoms with Gasteiger partial charge in [0.1, 0.15) is 23.2 Å². The third kappa shape index (κ3) is 7.74. The van der Waals surface area contributed by atoms with E-state index in [2.05, 4.69) is 41.4 Å². The fourth-order valence-corrected chi connectivity index (χ4v) is 13.5. The molecule has 12 rings (SSSR count). The first-order valence-corrected chi connectivity index (χ1v) is 25.5. The highest BCUT2D eigenvalue weighted by Crippen LogP contribution is 2.55. The van der Waals surface area contributed by atoms with Gasteiger partial charge in [-0.1, -0.05) is 5.16 Å². The number of nitriles is 1. The molecule has 3 saturated heterocycles. The van der Waals surface area contributed by atoms with Gasteiger partial charge in [-0.2, -0.15) is 20.3 Å². The van der Waals surface area contributed by atoms with Crippen molar-refractivity contribution in [2.45, 2.75) is 108 Å². The number of thiophene rings is 1. The molecular formula is C51H55FN12O5S. The van der Waals surface area contributed by atoms with Gasteiger partial charge >= 0.3 is 0 Å². The van der Waals surface area contributed by atoms with Crippen molar-refractivity contribution in [2.75, 3.05) is 50.0 Å². The van der Waals surface area contributed by atoms with Gasteiger partial charge in [0.05, 0.1) is 58.4 Å². The van der Waals surface area contributed by atoms with Gasteiger partial charge in [-0.15, -0.1) is 11.3 Å². The molecule has 1 saturated carbocycles. The van der Waals surface area contributed by atoms with E-state index in [-0.39, 0.29) is 40.8 Å². The lowest BCUT2D eigenvalue weighted by molar-refractivity contribution is -0.134. The van der Waals surface area contributed by atoms with E-state index in [0.29, 0.717) is 69.2 Å². The van der Waals surface area contributed by atoms with Gasteiger partial charge < -0.3 is 29.5 Å². The Balaban J connectivity index is 0.722. The highest BCUT2D eigenvalue weighted by atomic mass is 32.1. The minimum Gasteiger partial charge on any atom is -0.477 e. The van der Waals surface area contributed by atoms with Crippen molar-refractivity contribution >= 4 is 44.7 Å². The zero-order chi connectivity index (χ0) is 47.9. The number of amides is 2. The Labute approximate surface area is 407 Å². The van der Waals surface area contributed by atoms with Crippen LogP contribution in [0.2, 0.25) is 0 Å². The van der Waals surface area contributed by atoms with Crippen molar-refractivity contribution in [3.05, 3.63) is 75.3 Å². The molecular weight excluding hydrogens is 912 g/mol. The number of anilines is 2. The van der Waals surface area contributed by atoms with Crippen LogP contribution in [-0.4, -0.2) is 90.9 Å². The fraction of sp³-hybridized carbons (Fsp3) is 0.510. The normalized spacial score (nSPS) is 22.7. The summed E-state index contributed by atoms with van der Waals surface area (Å²) in [6.07, 6.45) is 15.2. The average Bonchev–Trinajstić information content (AvgIpc) is 3.64. The maximum Gasteiger partial charge on any atom is 0.235 e. The van der Waals surface area contributed by atoms with Crippen molar-refractivity contribution in [2.24, 2.45) is 17.9 Å². The minimum absolute atomic E-state index is 0.00284. The van der Waals surface area contributed by atoms with Gasteiger partial charge in [0, 0.05) is 54.3 Å². The number of halogens is 1. The summed E-state index contributed by atoms with van der Waals surface area (Å²) in [5.41, 5.74) is 11.8. The number of nitrogens with zero attached hydrogens (tertiary/aromatic N) is 10. The largest absolute Gasteiger partial charge is 0.477 e. The average molecular weight is 967 g/mol. The van der Waals surface area contributed by atoms with Crippen LogP contribution in [0, 0.1) is 34.9 Å². The van der Waals surface area contributed by atoms with Crippen LogP contribution < -0.4 is 25.4 Å². The Morgan fingerprint density at radius 3 is 2.53 bits per heavy atom. The molecule has 17 nitrogen and oxygen atoms in total. The van der Waals surface area contributed by atoms with Gasteiger partial charge in [-0.25, -0.2) is 14.4 Å². The number of imide groups is 1. The van der Waals surface area contributed by atoms with Gasteiger partial charge in [0.15, 0.2) is 23.0 Å². The van der Waals surface area contributed by atoms with E-state index in [1.165, 1.54) is 23.7 Å². The van der Waals surface area contributed by atoms with Crippen molar-refractivity contribution in [3.8, 4) is 35.1 Å². The number of fused-ring (bicyclic) bond motifs is 5. The summed E-state index contributed by atoms with van der Waals surface area (Å²) >= 11 is 1.52. The highest BCUT2D eigenvalue weighted by molar-refractivity contribution is 7.16. The maximum atomic E-state index is 15.9. The summed E-state index contributed by atoms with van der Waals surface area (Å²) < 4.78 is 36.9. The van der Waals surface area contributed by atoms with Crippen LogP contribution in [0.25, 0.3) is 22.4 Å². The number of likely N-dealkylation sites (tertiary alicyclic amines) is 1. The molecule has 3 aliphatic heterocycles. The second-order valence-corrected chi connectivity index (χ2v) is 21.8. The van der Waals surface area contributed by atoms with E-state index in [0.717, 1.165) is 137 Å². The van der Waals surface area contributed by atoms with Crippen molar-refractivity contribution < 1.29 is 28.0 Å². The maximum absolute atomic E-state index is 15.9. The number of hydrogen-bond donors (Lipinski definition) is 2. The SMILES string of the molecule is Cc1ncncc1Oc1cc(OCC2(CN3CCC4(CC3)CCN(c3cc5c(cc3F)c(C3CCC(=O)NC3=O)nn5C)CC4)CC2)nc(-c2noc3c2CCC[C@@]32CCCc3sc(N)c(C#N)c32)n1. The van der Waals surface area contributed by atoms with Crippen LogP contribution in [0.5, 0.6) is 17.5 Å². The Morgan fingerprint density at radius 2 is 1.77 bits per heavy atom. The minimum atomic E-state index is -0.582. The van der Waals surface area contributed by atoms with Crippen LogP contribution in [0.15, 0.2) is 35.2 Å². The summed E-state index contributed by atoms with van der Waals surface area (Å²) in [6.45, 7) is 6.83. The first-order chi connectivity index (χ1) is 33.9. The topological polar surface area (TPSA) is 216 Å². The summed E-state index contributed by atoms with van der Waals surface area (Å²) in [6, 6.07) is 7.52. The number of nitrogens with one attached hydrogen (secondary N) is 1. The predicted octanol–water partition coefficient (Wildman–Crippen LogP) is 7.58. The van der Waals surface area contributed by atoms with E-state index >= 15 is 4.39 Å². The Morgan fingerprint density at radius 1 is 1.00 bits per heavy atom. The summed E-state index contributed by atoms with van der Waals surface area (Å²) in [5.74, 6) is 0.712. The van der Waals surface area contributed by atoms with E-state index in [1.54, 1.807) is 16.9 Å². The first-order valence-electron chi connectivity index (χ1n) is 24.7. The van der Waals surface area contributed by atoms with Gasteiger partial charge in [-0.3, -0.25) is 19.6 Å². The number of carbonyl (C=O) groups excluding carboxylic acids is 2. The zero-order valence-corrected chi connectivity index (χ0v) is 40.3. The highest BCUT2D eigenvalue weighted by Gasteiger charge is 2.50. The lowest BCUT2D eigenvalue weighted by atomic mass is 9.63. The molecule has 1 aromatic carbocycles. The third-order valence-electron chi connectivity index (χ3n) is 16.5. The van der Waals surface area contributed by atoms with E-state index < -0.39 is 11.3 Å². The van der Waals surface area contributed by atoms with Gasteiger partial charge in [0.25, 0.3) is 0 Å². The molecule has 4 fully saturated rings. The van der Waals surface area contributed by atoms with Crippen LogP contribution in [0.4, 0.5) is 15.1 Å². The third-order valence-corrected chi connectivity index (χ3v) is 17.6. The van der Waals surface area contributed by atoms with Gasteiger partial charge in [0.2, 0.25) is 23.6 Å². The number of nitrogens with two attached hydrogens (primary N) is 1.